The van der Waals surface area contributed by atoms with Crippen molar-refractivity contribution in [3.63, 3.8) is 0 Å². The number of hydrogen-bond donors (Lipinski definition) is 5. The molecule has 0 aliphatic rings. The largest absolute Gasteiger partial charge is 0.490 e. The number of carbonyl (C=O) groups excluding carboxylic acids is 2. The molecule has 0 aliphatic carbocycles. The number of nitrogens with one attached hydrogen (secondary N) is 3. The molecular weight excluding hydrogens is 569 g/mol. The average molecular weight is 603 g/mol. The number of amides is 2. The molecule has 13 heteroatoms. The van der Waals surface area contributed by atoms with E-state index in [2.05, 4.69) is 20.9 Å². The van der Waals surface area contributed by atoms with Crippen molar-refractivity contribution in [2.45, 2.75) is 50.9 Å². The van der Waals surface area contributed by atoms with E-state index in [9.17, 15) is 32.7 Å². The minimum absolute atomic E-state index is 0.225. The number of pyridine rings is 1. The van der Waals surface area contributed by atoms with Crippen LogP contribution in [0.4, 0.5) is 19.0 Å². The van der Waals surface area contributed by atoms with Gasteiger partial charge in [0, 0.05) is 19.2 Å². The van der Waals surface area contributed by atoms with Gasteiger partial charge in [0.25, 0.3) is 0 Å². The van der Waals surface area contributed by atoms with Gasteiger partial charge in [-0.05, 0) is 48.6 Å². The van der Waals surface area contributed by atoms with E-state index < -0.39 is 36.1 Å². The van der Waals surface area contributed by atoms with Gasteiger partial charge in [-0.15, -0.1) is 0 Å². The van der Waals surface area contributed by atoms with Crippen molar-refractivity contribution in [2.75, 3.05) is 11.9 Å². The number of unbranched alkanes of at least 4 members (excludes halogenated alkanes) is 1. The van der Waals surface area contributed by atoms with E-state index in [0.29, 0.717) is 24.9 Å². The van der Waals surface area contributed by atoms with E-state index in [1.54, 1.807) is 13.1 Å². The molecule has 2 aromatic carbocycles. The molecule has 0 fully saturated rings. The SMILES string of the molecule is C[C@@H](NC(=O)CCCCNc1ccccn1)C(=O)NC(CC(=O)O)c1ccc(-c2ccccc2)cc1.O=C(O)C(F)(F)F. The summed E-state index contributed by atoms with van der Waals surface area (Å²) in [5, 5.41) is 25.1. The summed E-state index contributed by atoms with van der Waals surface area (Å²) in [4.78, 5) is 49.5. The normalized spacial score (nSPS) is 12.1. The Morgan fingerprint density at radius 3 is 2.00 bits per heavy atom. The zero-order valence-electron chi connectivity index (χ0n) is 23.3. The second kappa shape index (κ2) is 17.1. The van der Waals surface area contributed by atoms with Gasteiger partial charge < -0.3 is 26.2 Å². The van der Waals surface area contributed by atoms with E-state index in [1.165, 1.54) is 0 Å². The van der Waals surface area contributed by atoms with Crippen LogP contribution in [-0.2, 0) is 19.2 Å². The van der Waals surface area contributed by atoms with Crippen LogP contribution in [-0.4, -0.2) is 57.7 Å². The highest BCUT2D eigenvalue weighted by Crippen LogP contribution is 2.23. The van der Waals surface area contributed by atoms with Crippen molar-refractivity contribution in [1.29, 1.82) is 0 Å². The van der Waals surface area contributed by atoms with Crippen molar-refractivity contribution in [1.82, 2.24) is 15.6 Å². The molecule has 0 aliphatic heterocycles. The molecular formula is C30H33F3N4O6. The highest BCUT2D eigenvalue weighted by atomic mass is 19.4. The van der Waals surface area contributed by atoms with E-state index in [4.69, 9.17) is 9.90 Å². The molecule has 0 radical (unpaired) electrons. The van der Waals surface area contributed by atoms with Crippen LogP contribution in [0.3, 0.4) is 0 Å². The lowest BCUT2D eigenvalue weighted by atomic mass is 9.99. The van der Waals surface area contributed by atoms with Crippen LogP contribution in [0, 0.1) is 0 Å². The van der Waals surface area contributed by atoms with Gasteiger partial charge in [-0.25, -0.2) is 9.78 Å². The molecule has 0 spiro atoms. The number of carboxylic acids is 2. The number of rotatable bonds is 13. The monoisotopic (exact) mass is 602 g/mol. The van der Waals surface area contributed by atoms with Crippen LogP contribution < -0.4 is 16.0 Å². The van der Waals surface area contributed by atoms with Gasteiger partial charge >= 0.3 is 18.1 Å². The standard InChI is InChI=1S/C28H32N4O4.C2HF3O2/c1-20(31-26(33)12-6-8-18-30-25-11-5-7-17-29-25)28(36)32-24(19-27(34)35)23-15-13-22(14-16-23)21-9-3-2-4-10-21;3-2(4,5)1(6)7/h2-5,7,9-11,13-17,20,24H,6,8,12,18-19H2,1H3,(H,29,30)(H,31,33)(H,32,36)(H,34,35);(H,6,7)/t20-,24?;/m1./s1. The van der Waals surface area contributed by atoms with Crippen molar-refractivity contribution in [3.05, 3.63) is 84.6 Å². The van der Waals surface area contributed by atoms with Crippen molar-refractivity contribution >= 4 is 29.6 Å². The first-order valence-corrected chi connectivity index (χ1v) is 13.3. The molecule has 0 bridgehead atoms. The van der Waals surface area contributed by atoms with Crippen LogP contribution in [0.5, 0.6) is 0 Å². The minimum atomic E-state index is -5.08. The molecule has 0 saturated carbocycles. The van der Waals surface area contributed by atoms with Crippen LogP contribution in [0.2, 0.25) is 0 Å². The van der Waals surface area contributed by atoms with Gasteiger partial charge in [0.05, 0.1) is 12.5 Å². The molecule has 5 N–H and O–H groups in total. The molecule has 3 rings (SSSR count). The molecule has 43 heavy (non-hydrogen) atoms. The summed E-state index contributed by atoms with van der Waals surface area (Å²) in [7, 11) is 0. The van der Waals surface area contributed by atoms with E-state index >= 15 is 0 Å². The molecule has 0 saturated heterocycles. The maximum Gasteiger partial charge on any atom is 0.490 e. The molecule has 1 heterocycles. The van der Waals surface area contributed by atoms with Gasteiger partial charge in [-0.2, -0.15) is 13.2 Å². The third-order valence-corrected chi connectivity index (χ3v) is 5.93. The molecule has 2 atom stereocenters. The highest BCUT2D eigenvalue weighted by Gasteiger charge is 2.38. The summed E-state index contributed by atoms with van der Waals surface area (Å²) in [5.41, 5.74) is 2.73. The number of hydrogen-bond acceptors (Lipinski definition) is 6. The Morgan fingerprint density at radius 2 is 1.44 bits per heavy atom. The van der Waals surface area contributed by atoms with Crippen molar-refractivity contribution < 1.29 is 42.6 Å². The Morgan fingerprint density at radius 1 is 0.837 bits per heavy atom. The Kier molecular flexibility index (Phi) is 13.6. The van der Waals surface area contributed by atoms with Crippen molar-refractivity contribution in [3.8, 4) is 11.1 Å². The number of carbonyl (C=O) groups is 4. The summed E-state index contributed by atoms with van der Waals surface area (Å²) in [6, 6.07) is 21.4. The fourth-order valence-corrected chi connectivity index (χ4v) is 3.74. The van der Waals surface area contributed by atoms with Crippen LogP contribution >= 0.6 is 0 Å². The number of alkyl halides is 3. The predicted octanol–water partition coefficient (Wildman–Crippen LogP) is 4.80. The number of carboxylic acid groups (broad SMARTS) is 2. The van der Waals surface area contributed by atoms with Gasteiger partial charge in [-0.3, -0.25) is 14.4 Å². The fraction of sp³-hybridized carbons (Fsp3) is 0.300. The Hall–Kier alpha value is -4.94. The summed E-state index contributed by atoms with van der Waals surface area (Å²) < 4.78 is 31.7. The molecule has 3 aromatic rings. The Balaban J connectivity index is 0.000000821. The smallest absolute Gasteiger partial charge is 0.481 e. The highest BCUT2D eigenvalue weighted by molar-refractivity contribution is 5.87. The van der Waals surface area contributed by atoms with Gasteiger partial charge in [0.2, 0.25) is 11.8 Å². The predicted molar refractivity (Wildman–Crippen MR) is 153 cm³/mol. The third-order valence-electron chi connectivity index (χ3n) is 5.93. The van der Waals surface area contributed by atoms with E-state index in [1.807, 2.05) is 72.8 Å². The van der Waals surface area contributed by atoms with Crippen LogP contribution in [0.1, 0.15) is 44.2 Å². The van der Waals surface area contributed by atoms with Crippen LogP contribution in [0.15, 0.2) is 79.0 Å². The summed E-state index contributed by atoms with van der Waals surface area (Å²) in [6.45, 7) is 2.28. The van der Waals surface area contributed by atoms with Gasteiger partial charge in [0.15, 0.2) is 0 Å². The van der Waals surface area contributed by atoms with E-state index in [0.717, 1.165) is 23.4 Å². The number of anilines is 1. The topological polar surface area (TPSA) is 158 Å². The zero-order chi connectivity index (χ0) is 31.8. The first-order chi connectivity index (χ1) is 20.4. The summed E-state index contributed by atoms with van der Waals surface area (Å²) >= 11 is 0. The van der Waals surface area contributed by atoms with Gasteiger partial charge in [-0.1, -0.05) is 60.7 Å². The third kappa shape index (κ3) is 13.1. The molecule has 2 amide bonds. The number of aromatic nitrogens is 1. The fourth-order valence-electron chi connectivity index (χ4n) is 3.74. The maximum absolute atomic E-state index is 12.7. The molecule has 1 aromatic heterocycles. The van der Waals surface area contributed by atoms with Crippen molar-refractivity contribution in [2.24, 2.45) is 0 Å². The second-order valence-electron chi connectivity index (χ2n) is 9.34. The Labute approximate surface area is 246 Å². The first kappa shape index (κ1) is 34.3. The minimum Gasteiger partial charge on any atom is -0.481 e. The molecule has 1 unspecified atom stereocenters. The second-order valence-corrected chi connectivity index (χ2v) is 9.34. The molecule has 230 valence electrons. The lowest BCUT2D eigenvalue weighted by Crippen LogP contribution is -2.46. The summed E-state index contributed by atoms with van der Waals surface area (Å²) in [6.07, 6.45) is -1.90. The lowest BCUT2D eigenvalue weighted by molar-refractivity contribution is -0.192. The number of benzene rings is 2. The number of nitrogens with zero attached hydrogens (tertiary/aromatic N) is 1. The van der Waals surface area contributed by atoms with E-state index in [-0.39, 0.29) is 12.3 Å². The Bertz CT molecular complexity index is 1320. The first-order valence-electron chi connectivity index (χ1n) is 13.3. The van der Waals surface area contributed by atoms with Gasteiger partial charge in [0.1, 0.15) is 11.9 Å². The zero-order valence-corrected chi connectivity index (χ0v) is 23.3. The number of halogens is 3. The number of aliphatic carboxylic acids is 2. The maximum atomic E-state index is 12.7. The summed E-state index contributed by atoms with van der Waals surface area (Å²) in [5.74, 6) is -3.65. The van der Waals surface area contributed by atoms with Crippen LogP contribution in [0.25, 0.3) is 11.1 Å². The molecule has 10 nitrogen and oxygen atoms in total. The lowest BCUT2D eigenvalue weighted by Gasteiger charge is -2.21. The quantitative estimate of drug-likeness (QED) is 0.175. The average Bonchev–Trinajstić information content (AvgIpc) is 2.97.